The molecule has 1 amide bonds. The van der Waals surface area contributed by atoms with Crippen LogP contribution >= 0.6 is 0 Å². The van der Waals surface area contributed by atoms with Crippen LogP contribution in [0.1, 0.15) is 19.8 Å². The lowest BCUT2D eigenvalue weighted by Gasteiger charge is -2.23. The second-order valence-electron chi connectivity index (χ2n) is 3.62. The Morgan fingerprint density at radius 3 is 3.08 bits per heavy atom. The fraction of sp³-hybridized carbons (Fsp3) is 0.889. The Labute approximate surface area is 78.8 Å². The molecule has 1 rings (SSSR count). The van der Waals surface area contributed by atoms with Crippen molar-refractivity contribution in [2.75, 3.05) is 19.8 Å². The molecule has 2 atom stereocenters. The third-order valence-corrected chi connectivity index (χ3v) is 2.39. The van der Waals surface area contributed by atoms with E-state index in [0.717, 1.165) is 26.2 Å². The summed E-state index contributed by atoms with van der Waals surface area (Å²) in [5.74, 6) is 0.243. The van der Waals surface area contributed by atoms with E-state index in [9.17, 15) is 4.79 Å². The molecule has 4 nitrogen and oxygen atoms in total. The van der Waals surface area contributed by atoms with E-state index in [1.807, 2.05) is 0 Å². The number of primary amides is 1. The zero-order valence-electron chi connectivity index (χ0n) is 8.08. The van der Waals surface area contributed by atoms with E-state index >= 15 is 0 Å². The summed E-state index contributed by atoms with van der Waals surface area (Å²) in [4.78, 5) is 10.7. The van der Waals surface area contributed by atoms with Crippen LogP contribution in [-0.4, -0.2) is 31.7 Å². The third-order valence-electron chi connectivity index (χ3n) is 2.39. The first kappa shape index (κ1) is 10.5. The van der Waals surface area contributed by atoms with Crippen molar-refractivity contribution >= 4 is 5.91 Å². The first-order valence-electron chi connectivity index (χ1n) is 4.80. The molecule has 0 aromatic heterocycles. The Bertz CT molecular complexity index is 167. The summed E-state index contributed by atoms with van der Waals surface area (Å²) in [5, 5.41) is 3.10. The maximum absolute atomic E-state index is 10.7. The topological polar surface area (TPSA) is 64.3 Å². The molecule has 1 fully saturated rings. The molecule has 0 radical (unpaired) electrons. The van der Waals surface area contributed by atoms with Crippen LogP contribution in [0.5, 0.6) is 0 Å². The Hall–Kier alpha value is -0.610. The van der Waals surface area contributed by atoms with E-state index in [2.05, 4.69) is 5.32 Å². The monoisotopic (exact) mass is 186 g/mol. The van der Waals surface area contributed by atoms with Gasteiger partial charge in [-0.2, -0.15) is 0 Å². The van der Waals surface area contributed by atoms with Gasteiger partial charge in [0.1, 0.15) is 0 Å². The van der Waals surface area contributed by atoms with Crippen LogP contribution in [0.15, 0.2) is 0 Å². The van der Waals surface area contributed by atoms with Crippen LogP contribution < -0.4 is 11.1 Å². The number of nitrogens with one attached hydrogen (secondary N) is 1. The van der Waals surface area contributed by atoms with Crippen molar-refractivity contribution in [3.8, 4) is 0 Å². The SMILES string of the molecule is CC(NCC1CCCOC1)C(N)=O. The van der Waals surface area contributed by atoms with Crippen molar-refractivity contribution < 1.29 is 9.53 Å². The molecule has 0 aliphatic carbocycles. The summed E-state index contributed by atoms with van der Waals surface area (Å²) in [7, 11) is 0. The van der Waals surface area contributed by atoms with E-state index in [4.69, 9.17) is 10.5 Å². The van der Waals surface area contributed by atoms with E-state index in [0.29, 0.717) is 5.92 Å². The molecule has 0 saturated carbocycles. The first-order valence-corrected chi connectivity index (χ1v) is 4.80. The van der Waals surface area contributed by atoms with Gasteiger partial charge in [-0.15, -0.1) is 0 Å². The minimum Gasteiger partial charge on any atom is -0.381 e. The number of carbonyl (C=O) groups is 1. The van der Waals surface area contributed by atoms with Crippen LogP contribution in [0.3, 0.4) is 0 Å². The van der Waals surface area contributed by atoms with Crippen LogP contribution in [-0.2, 0) is 9.53 Å². The molecule has 1 aliphatic heterocycles. The fourth-order valence-electron chi connectivity index (χ4n) is 1.41. The molecule has 76 valence electrons. The zero-order valence-corrected chi connectivity index (χ0v) is 8.08. The molecular weight excluding hydrogens is 168 g/mol. The van der Waals surface area contributed by atoms with Gasteiger partial charge in [-0.3, -0.25) is 4.79 Å². The summed E-state index contributed by atoms with van der Waals surface area (Å²) >= 11 is 0. The van der Waals surface area contributed by atoms with Gasteiger partial charge in [0.2, 0.25) is 5.91 Å². The fourth-order valence-corrected chi connectivity index (χ4v) is 1.41. The number of hydrogen-bond acceptors (Lipinski definition) is 3. The smallest absolute Gasteiger partial charge is 0.234 e. The summed E-state index contributed by atoms with van der Waals surface area (Å²) in [6.07, 6.45) is 2.30. The van der Waals surface area contributed by atoms with Crippen LogP contribution in [0, 0.1) is 5.92 Å². The van der Waals surface area contributed by atoms with Gasteiger partial charge in [0, 0.05) is 13.2 Å². The molecule has 4 heteroatoms. The van der Waals surface area contributed by atoms with Crippen LogP contribution in [0.2, 0.25) is 0 Å². The lowest BCUT2D eigenvalue weighted by atomic mass is 10.0. The normalized spacial score (nSPS) is 25.5. The molecule has 0 bridgehead atoms. The largest absolute Gasteiger partial charge is 0.381 e. The van der Waals surface area contributed by atoms with Crippen LogP contribution in [0.25, 0.3) is 0 Å². The van der Waals surface area contributed by atoms with E-state index in [-0.39, 0.29) is 11.9 Å². The van der Waals surface area contributed by atoms with E-state index in [1.165, 1.54) is 6.42 Å². The van der Waals surface area contributed by atoms with Crippen molar-refractivity contribution in [1.29, 1.82) is 0 Å². The average Bonchev–Trinajstić information content (AvgIpc) is 2.15. The van der Waals surface area contributed by atoms with E-state index in [1.54, 1.807) is 6.92 Å². The van der Waals surface area contributed by atoms with Gasteiger partial charge < -0.3 is 15.8 Å². The number of nitrogens with two attached hydrogens (primary N) is 1. The van der Waals surface area contributed by atoms with E-state index < -0.39 is 0 Å². The number of amides is 1. The molecule has 0 aromatic carbocycles. The van der Waals surface area contributed by atoms with Gasteiger partial charge in [-0.05, 0) is 25.7 Å². The number of hydrogen-bond donors (Lipinski definition) is 2. The molecule has 13 heavy (non-hydrogen) atoms. The molecule has 2 unspecified atom stereocenters. The third kappa shape index (κ3) is 3.74. The average molecular weight is 186 g/mol. The van der Waals surface area contributed by atoms with Crippen molar-refractivity contribution in [2.45, 2.75) is 25.8 Å². The minimum absolute atomic E-state index is 0.234. The van der Waals surface area contributed by atoms with Gasteiger partial charge in [-0.1, -0.05) is 0 Å². The van der Waals surface area contributed by atoms with Crippen molar-refractivity contribution in [2.24, 2.45) is 11.7 Å². The number of carbonyl (C=O) groups excluding carboxylic acids is 1. The number of ether oxygens (including phenoxy) is 1. The Morgan fingerprint density at radius 2 is 2.54 bits per heavy atom. The maximum Gasteiger partial charge on any atom is 0.234 e. The summed E-state index contributed by atoms with van der Waals surface area (Å²) in [6.45, 7) is 4.29. The quantitative estimate of drug-likeness (QED) is 0.643. The molecular formula is C9H18N2O2. The maximum atomic E-state index is 10.7. The molecule has 1 aliphatic rings. The number of rotatable bonds is 4. The summed E-state index contributed by atoms with van der Waals surface area (Å²) < 4.78 is 5.32. The van der Waals surface area contributed by atoms with Gasteiger partial charge in [0.15, 0.2) is 0 Å². The first-order chi connectivity index (χ1) is 6.20. The zero-order chi connectivity index (χ0) is 9.68. The molecule has 0 aromatic rings. The van der Waals surface area contributed by atoms with Gasteiger partial charge in [0.25, 0.3) is 0 Å². The van der Waals surface area contributed by atoms with Gasteiger partial charge >= 0.3 is 0 Å². The standard InChI is InChI=1S/C9H18N2O2/c1-7(9(10)12)11-5-8-3-2-4-13-6-8/h7-8,11H,2-6H2,1H3,(H2,10,12). The van der Waals surface area contributed by atoms with Crippen molar-refractivity contribution in [1.82, 2.24) is 5.32 Å². The highest BCUT2D eigenvalue weighted by Crippen LogP contribution is 2.12. The summed E-state index contributed by atoms with van der Waals surface area (Å²) in [6, 6.07) is -0.234. The van der Waals surface area contributed by atoms with Crippen molar-refractivity contribution in [3.05, 3.63) is 0 Å². The lowest BCUT2D eigenvalue weighted by Crippen LogP contribution is -2.42. The molecule has 1 heterocycles. The predicted molar refractivity (Wildman–Crippen MR) is 50.2 cm³/mol. The highest BCUT2D eigenvalue weighted by Gasteiger charge is 2.15. The van der Waals surface area contributed by atoms with Gasteiger partial charge in [-0.25, -0.2) is 0 Å². The second kappa shape index (κ2) is 5.19. The summed E-state index contributed by atoms with van der Waals surface area (Å²) in [5.41, 5.74) is 5.12. The minimum atomic E-state index is -0.295. The highest BCUT2D eigenvalue weighted by molar-refractivity contribution is 5.79. The molecule has 1 saturated heterocycles. The molecule has 0 spiro atoms. The Morgan fingerprint density at radius 1 is 1.77 bits per heavy atom. The Kier molecular flexibility index (Phi) is 4.18. The Balaban J connectivity index is 2.13. The van der Waals surface area contributed by atoms with Crippen molar-refractivity contribution in [3.63, 3.8) is 0 Å². The highest BCUT2D eigenvalue weighted by atomic mass is 16.5. The lowest BCUT2D eigenvalue weighted by molar-refractivity contribution is -0.119. The van der Waals surface area contributed by atoms with Crippen LogP contribution in [0.4, 0.5) is 0 Å². The molecule has 3 N–H and O–H groups in total. The predicted octanol–water partition coefficient (Wildman–Crippen LogP) is -0.124. The van der Waals surface area contributed by atoms with Gasteiger partial charge in [0.05, 0.1) is 12.6 Å². The second-order valence-corrected chi connectivity index (χ2v) is 3.62.